The average Bonchev–Trinajstić information content (AvgIpc) is 2.79. The highest BCUT2D eigenvalue weighted by atomic mass is 79.9. The van der Waals surface area contributed by atoms with Crippen molar-refractivity contribution in [2.45, 2.75) is 58.5 Å². The second-order valence-corrected chi connectivity index (χ2v) is 8.50. The lowest BCUT2D eigenvalue weighted by molar-refractivity contribution is -0.155. The second-order valence-electron chi connectivity index (χ2n) is 7.71. The molecule has 0 aliphatic carbocycles. The van der Waals surface area contributed by atoms with Gasteiger partial charge >= 0.3 is 24.5 Å². The first kappa shape index (κ1) is 32.4. The van der Waals surface area contributed by atoms with Crippen molar-refractivity contribution in [2.24, 2.45) is 0 Å². The summed E-state index contributed by atoms with van der Waals surface area (Å²) in [4.78, 5) is 29.2. The number of carbonyl (C=O) groups is 1. The van der Waals surface area contributed by atoms with Gasteiger partial charge < -0.3 is 9.47 Å². The molecule has 0 amide bonds. The van der Waals surface area contributed by atoms with Gasteiger partial charge in [-0.15, -0.1) is 0 Å². The topological polar surface area (TPSA) is 73.7 Å². The van der Waals surface area contributed by atoms with E-state index in [1.165, 1.54) is 20.8 Å². The van der Waals surface area contributed by atoms with Gasteiger partial charge in [-0.2, -0.15) is 39.5 Å². The Morgan fingerprint density at radius 3 is 2.05 bits per heavy atom. The normalized spacial score (nSPS) is 13.4. The highest BCUT2D eigenvalue weighted by Crippen LogP contribution is 2.46. The Labute approximate surface area is 223 Å². The number of anilines is 2. The van der Waals surface area contributed by atoms with Crippen LogP contribution < -0.4 is 10.5 Å². The van der Waals surface area contributed by atoms with Crippen LogP contribution in [0.15, 0.2) is 27.5 Å². The van der Waals surface area contributed by atoms with Crippen molar-refractivity contribution >= 4 is 33.5 Å². The largest absolute Gasteiger partial charge is 0.463 e. The summed E-state index contributed by atoms with van der Waals surface area (Å²) in [5.41, 5.74) is -7.98. The van der Waals surface area contributed by atoms with E-state index in [-0.39, 0.29) is 42.7 Å². The van der Waals surface area contributed by atoms with Crippen LogP contribution in [0.4, 0.5) is 51.1 Å². The molecule has 0 N–H and O–H groups in total. The van der Waals surface area contributed by atoms with E-state index in [1.54, 1.807) is 0 Å². The molecule has 218 valence electrons. The van der Waals surface area contributed by atoms with E-state index in [2.05, 4.69) is 20.9 Å². The first-order valence-electron chi connectivity index (χ1n) is 11.1. The molecule has 0 aliphatic heterocycles. The van der Waals surface area contributed by atoms with Crippen LogP contribution in [0.5, 0.6) is 0 Å². The van der Waals surface area contributed by atoms with Gasteiger partial charge in [0.2, 0.25) is 12.2 Å². The van der Waals surface area contributed by atoms with Crippen molar-refractivity contribution in [3.63, 3.8) is 0 Å². The Morgan fingerprint density at radius 2 is 1.59 bits per heavy atom. The number of nitrogens with zero attached hydrogens (tertiary/aromatic N) is 3. The van der Waals surface area contributed by atoms with Gasteiger partial charge in [0.1, 0.15) is 0 Å². The lowest BCUT2D eigenvalue weighted by Crippen LogP contribution is -2.45. The zero-order valence-corrected chi connectivity index (χ0v) is 22.0. The molecule has 1 heterocycles. The molecule has 1 aromatic heterocycles. The first-order valence-corrected chi connectivity index (χ1v) is 11.9. The molecule has 17 heteroatoms. The molecule has 0 saturated carbocycles. The molecule has 2 rings (SSSR count). The lowest BCUT2D eigenvalue weighted by atomic mass is 10.1. The predicted molar refractivity (Wildman–Crippen MR) is 122 cm³/mol. The fourth-order valence-electron chi connectivity index (χ4n) is 3.37. The Balaban J connectivity index is 3.18. The smallest absolute Gasteiger partial charge is 0.433 e. The predicted octanol–water partition coefficient (Wildman–Crippen LogP) is 6.54. The Bertz CT molecular complexity index is 1240. The Morgan fingerprint density at radius 1 is 0.974 bits per heavy atom. The summed E-state index contributed by atoms with van der Waals surface area (Å²) in [6.07, 6.45) is -18.2. The van der Waals surface area contributed by atoms with Gasteiger partial charge in [-0.25, -0.2) is 9.78 Å². The maximum Gasteiger partial charge on any atom is 0.433 e. The van der Waals surface area contributed by atoms with E-state index in [0.29, 0.717) is 4.57 Å². The third-order valence-electron chi connectivity index (χ3n) is 4.93. The minimum Gasteiger partial charge on any atom is -0.463 e. The van der Waals surface area contributed by atoms with Gasteiger partial charge in [0, 0.05) is 19.2 Å². The number of esters is 1. The zero-order valence-electron chi connectivity index (χ0n) is 20.4. The molecule has 39 heavy (non-hydrogen) atoms. The zero-order chi connectivity index (χ0) is 29.9. The van der Waals surface area contributed by atoms with Gasteiger partial charge in [0.05, 0.1) is 27.9 Å². The van der Waals surface area contributed by atoms with Crippen LogP contribution in [-0.4, -0.2) is 35.0 Å². The minimum absolute atomic E-state index is 0.0735. The van der Waals surface area contributed by atoms with Crippen LogP contribution in [0.3, 0.4) is 0 Å². The van der Waals surface area contributed by atoms with E-state index in [0.717, 1.165) is 0 Å². The second kappa shape index (κ2) is 12.1. The summed E-state index contributed by atoms with van der Waals surface area (Å²) in [6.45, 7) is 2.99. The van der Waals surface area contributed by atoms with Crippen molar-refractivity contribution in [1.82, 2.24) is 9.55 Å². The molecule has 0 saturated heterocycles. The molecule has 0 fully saturated rings. The quantitative estimate of drug-likeness (QED) is 0.176. The van der Waals surface area contributed by atoms with E-state index in [9.17, 15) is 49.1 Å². The Hall–Kier alpha value is -2.82. The van der Waals surface area contributed by atoms with Crippen molar-refractivity contribution in [3.05, 3.63) is 49.8 Å². The molecule has 1 atom stereocenters. The molecule has 0 radical (unpaired) electrons. The maximum absolute atomic E-state index is 13.8. The monoisotopic (exact) mass is 641 g/mol. The van der Waals surface area contributed by atoms with E-state index in [1.807, 2.05) is 0 Å². The van der Waals surface area contributed by atoms with Gasteiger partial charge in [-0.05, 0) is 48.3 Å². The standard InChI is InChI=1S/C22H21BrF9N3O4/c1-4-7-34-15(36)10-14(22(30,31)32)33-19(34)35(17(38-5-2)18(37)39-6-3)13-9-11(20(24,25)26)8-12(16(13)23)21(27,28)29/h8-10,17H,4-7H2,1-3H3. The van der Waals surface area contributed by atoms with E-state index >= 15 is 0 Å². The number of carbonyl (C=O) groups excluding carboxylic acids is 1. The van der Waals surface area contributed by atoms with E-state index < -0.39 is 75.8 Å². The third kappa shape index (κ3) is 7.43. The van der Waals surface area contributed by atoms with E-state index in [4.69, 9.17) is 9.47 Å². The fourth-order valence-corrected chi connectivity index (χ4v) is 4.01. The number of halogens is 10. The van der Waals surface area contributed by atoms with Crippen LogP contribution >= 0.6 is 15.9 Å². The van der Waals surface area contributed by atoms with Crippen LogP contribution in [-0.2, 0) is 39.3 Å². The summed E-state index contributed by atoms with van der Waals surface area (Å²) in [5.74, 6) is -2.48. The Kier molecular flexibility index (Phi) is 10.1. The SMILES string of the molecule is CCCn1c(N(c2cc(C(F)(F)F)cc(C(F)(F)F)c2Br)C(OCC)C(=O)OCC)nc(C(F)(F)F)cc1=O. The van der Waals surface area contributed by atoms with Gasteiger partial charge in [-0.3, -0.25) is 14.3 Å². The number of hydrogen-bond acceptors (Lipinski definition) is 6. The van der Waals surface area contributed by atoms with Crippen LogP contribution in [0.25, 0.3) is 0 Å². The molecule has 7 nitrogen and oxygen atoms in total. The number of alkyl halides is 9. The first-order chi connectivity index (χ1) is 17.9. The van der Waals surface area contributed by atoms with Gasteiger partial charge in [0.25, 0.3) is 5.56 Å². The maximum atomic E-state index is 13.8. The minimum atomic E-state index is -5.39. The summed E-state index contributed by atoms with van der Waals surface area (Å²) in [5, 5.41) is 0. The molecular formula is C22H21BrF9N3O4. The van der Waals surface area contributed by atoms with Crippen LogP contribution in [0.2, 0.25) is 0 Å². The molecular weight excluding hydrogens is 621 g/mol. The van der Waals surface area contributed by atoms with Gasteiger partial charge in [-0.1, -0.05) is 6.92 Å². The third-order valence-corrected chi connectivity index (χ3v) is 5.77. The highest BCUT2D eigenvalue weighted by molar-refractivity contribution is 9.10. The molecule has 2 aromatic rings. The number of ether oxygens (including phenoxy) is 2. The fraction of sp³-hybridized carbons (Fsp3) is 0.500. The number of aromatic nitrogens is 2. The molecule has 0 spiro atoms. The number of hydrogen-bond donors (Lipinski definition) is 0. The summed E-state index contributed by atoms with van der Waals surface area (Å²) < 4.78 is 133. The summed E-state index contributed by atoms with van der Waals surface area (Å²) in [7, 11) is 0. The lowest BCUT2D eigenvalue weighted by Gasteiger charge is -2.34. The summed E-state index contributed by atoms with van der Waals surface area (Å²) >= 11 is 2.59. The van der Waals surface area contributed by atoms with Crippen LogP contribution in [0.1, 0.15) is 44.0 Å². The average molecular weight is 642 g/mol. The van der Waals surface area contributed by atoms with Crippen LogP contribution in [0, 0.1) is 0 Å². The van der Waals surface area contributed by atoms with Crippen molar-refractivity contribution in [2.75, 3.05) is 18.1 Å². The molecule has 0 bridgehead atoms. The number of rotatable bonds is 9. The molecule has 0 aliphatic rings. The summed E-state index contributed by atoms with van der Waals surface area (Å²) in [6, 6.07) is 0.0531. The van der Waals surface area contributed by atoms with Crippen molar-refractivity contribution in [3.8, 4) is 0 Å². The number of benzene rings is 1. The van der Waals surface area contributed by atoms with Crippen molar-refractivity contribution < 1.29 is 53.8 Å². The van der Waals surface area contributed by atoms with Crippen molar-refractivity contribution in [1.29, 1.82) is 0 Å². The molecule has 1 aromatic carbocycles. The molecule has 1 unspecified atom stereocenters. The highest BCUT2D eigenvalue weighted by Gasteiger charge is 2.43. The van der Waals surface area contributed by atoms with Gasteiger partial charge in [0.15, 0.2) is 5.69 Å².